The number of sulfonamides is 1. The van der Waals surface area contributed by atoms with Crippen LogP contribution in [0.4, 0.5) is 0 Å². The number of nitrogens with two attached hydrogens (primary N) is 1. The molecule has 3 N–H and O–H groups in total. The summed E-state index contributed by atoms with van der Waals surface area (Å²) < 4.78 is 28.5. The molecule has 0 atom stereocenters. The molecule has 20 heavy (non-hydrogen) atoms. The summed E-state index contributed by atoms with van der Waals surface area (Å²) in [6.45, 7) is 1.46. The summed E-state index contributed by atoms with van der Waals surface area (Å²) in [5.74, 6) is 0.902. The lowest BCUT2D eigenvalue weighted by atomic mass is 10.1. The van der Waals surface area contributed by atoms with Crippen molar-refractivity contribution in [3.63, 3.8) is 0 Å². The first kappa shape index (κ1) is 15.5. The van der Waals surface area contributed by atoms with Gasteiger partial charge in [-0.2, -0.15) is 0 Å². The molecule has 1 aromatic carbocycles. The Morgan fingerprint density at radius 1 is 1.15 bits per heavy atom. The van der Waals surface area contributed by atoms with Gasteiger partial charge in [-0.25, -0.2) is 13.6 Å². The normalized spacial score (nSPS) is 11.7. The van der Waals surface area contributed by atoms with Crippen LogP contribution in [0.3, 0.4) is 0 Å². The summed E-state index contributed by atoms with van der Waals surface area (Å²) in [4.78, 5) is 0.138. The summed E-state index contributed by atoms with van der Waals surface area (Å²) in [5.41, 5.74) is 1.05. The van der Waals surface area contributed by atoms with Crippen molar-refractivity contribution in [3.8, 4) is 0 Å². The van der Waals surface area contributed by atoms with E-state index in [1.165, 1.54) is 12.1 Å². The van der Waals surface area contributed by atoms with Gasteiger partial charge in [0.15, 0.2) is 3.77 Å². The Bertz CT molecular complexity index is 665. The number of hydrogen-bond acceptors (Lipinski definition) is 4. The number of nitrogens with one attached hydrogen (secondary N) is 1. The minimum Gasteiger partial charge on any atom is -0.454 e. The molecule has 0 aliphatic heterocycles. The third-order valence-electron chi connectivity index (χ3n) is 2.77. The molecule has 2 rings (SSSR count). The van der Waals surface area contributed by atoms with Crippen LogP contribution in [0, 0.1) is 3.77 Å². The maximum Gasteiger partial charge on any atom is 0.238 e. The molecule has 1 heterocycles. The summed E-state index contributed by atoms with van der Waals surface area (Å²) in [6, 6.07) is 10.5. The summed E-state index contributed by atoms with van der Waals surface area (Å²) in [5, 5.41) is 8.31. The first-order chi connectivity index (χ1) is 9.45. The van der Waals surface area contributed by atoms with Crippen molar-refractivity contribution in [1.29, 1.82) is 0 Å². The molecule has 108 valence electrons. The monoisotopic (exact) mass is 406 g/mol. The van der Waals surface area contributed by atoms with Crippen molar-refractivity contribution in [1.82, 2.24) is 5.32 Å². The van der Waals surface area contributed by atoms with Crippen molar-refractivity contribution in [3.05, 3.63) is 51.5 Å². The second-order valence-electron chi connectivity index (χ2n) is 4.32. The molecule has 1 aromatic heterocycles. The summed E-state index contributed by atoms with van der Waals surface area (Å²) in [7, 11) is -3.61. The molecule has 5 nitrogen and oxygen atoms in total. The Hall–Kier alpha value is -0.900. The van der Waals surface area contributed by atoms with E-state index in [-0.39, 0.29) is 4.90 Å². The highest BCUT2D eigenvalue weighted by Crippen LogP contribution is 2.10. The van der Waals surface area contributed by atoms with E-state index in [1.54, 1.807) is 12.1 Å². The molecule has 0 unspecified atom stereocenters. The van der Waals surface area contributed by atoms with Crippen molar-refractivity contribution >= 4 is 32.6 Å². The molecule has 0 bridgehead atoms. The largest absolute Gasteiger partial charge is 0.454 e. The van der Waals surface area contributed by atoms with E-state index in [9.17, 15) is 8.42 Å². The Morgan fingerprint density at radius 3 is 2.40 bits per heavy atom. The number of hydrogen-bond donors (Lipinski definition) is 2. The Morgan fingerprint density at radius 2 is 1.85 bits per heavy atom. The van der Waals surface area contributed by atoms with Gasteiger partial charge in [-0.3, -0.25) is 0 Å². The molecule has 0 radical (unpaired) electrons. The molecule has 7 heteroatoms. The second-order valence-corrected chi connectivity index (χ2v) is 6.95. The molecule has 0 aliphatic rings. The number of furan rings is 1. The first-order valence-corrected chi connectivity index (χ1v) is 8.64. The van der Waals surface area contributed by atoms with E-state index in [1.807, 2.05) is 12.1 Å². The third-order valence-corrected chi connectivity index (χ3v) is 4.28. The van der Waals surface area contributed by atoms with Crippen LogP contribution in [-0.2, 0) is 23.0 Å². The number of halogens is 1. The Labute approximate surface area is 131 Å². The standard InChI is InChI=1S/C13H15IN2O3S/c14-13-6-3-11(19-13)9-16-8-7-10-1-4-12(5-2-10)20(15,17)18/h1-6,16H,7-9H2,(H2,15,17,18). The molecule has 2 aromatic rings. The van der Waals surface area contributed by atoms with Gasteiger partial charge in [-0.15, -0.1) is 0 Å². The predicted octanol–water partition coefficient (Wildman–Crippen LogP) is 1.86. The zero-order valence-corrected chi connectivity index (χ0v) is 13.6. The van der Waals surface area contributed by atoms with E-state index in [0.717, 1.165) is 28.1 Å². The van der Waals surface area contributed by atoms with Gasteiger partial charge in [0.25, 0.3) is 0 Å². The molecule has 0 spiro atoms. The van der Waals surface area contributed by atoms with Crippen molar-refractivity contribution < 1.29 is 12.8 Å². The van der Waals surface area contributed by atoms with Crippen LogP contribution in [0.15, 0.2) is 45.7 Å². The van der Waals surface area contributed by atoms with E-state index in [4.69, 9.17) is 9.56 Å². The van der Waals surface area contributed by atoms with Gasteiger partial charge in [0.05, 0.1) is 11.4 Å². The maximum absolute atomic E-state index is 11.1. The molecular weight excluding hydrogens is 391 g/mol. The van der Waals surface area contributed by atoms with E-state index >= 15 is 0 Å². The molecule has 0 amide bonds. The number of benzene rings is 1. The topological polar surface area (TPSA) is 85.3 Å². The minimum atomic E-state index is -3.61. The zero-order valence-electron chi connectivity index (χ0n) is 10.7. The van der Waals surface area contributed by atoms with Crippen LogP contribution in [-0.4, -0.2) is 15.0 Å². The molecule has 0 saturated heterocycles. The fourth-order valence-electron chi connectivity index (χ4n) is 1.74. The van der Waals surface area contributed by atoms with Crippen LogP contribution in [0.2, 0.25) is 0 Å². The van der Waals surface area contributed by atoms with Gasteiger partial charge in [-0.05, 0) is 65.4 Å². The maximum atomic E-state index is 11.1. The lowest BCUT2D eigenvalue weighted by Gasteiger charge is -2.04. The second kappa shape index (κ2) is 6.70. The first-order valence-electron chi connectivity index (χ1n) is 6.02. The minimum absolute atomic E-state index is 0.138. The molecular formula is C13H15IN2O3S. The zero-order chi connectivity index (χ0) is 14.6. The summed E-state index contributed by atoms with van der Waals surface area (Å²) in [6.07, 6.45) is 0.808. The van der Waals surface area contributed by atoms with E-state index < -0.39 is 10.0 Å². The van der Waals surface area contributed by atoms with Crippen LogP contribution >= 0.6 is 22.6 Å². The number of rotatable bonds is 6. The fraction of sp³-hybridized carbons (Fsp3) is 0.231. The van der Waals surface area contributed by atoms with Crippen LogP contribution in [0.1, 0.15) is 11.3 Å². The average Bonchev–Trinajstić information content (AvgIpc) is 2.80. The highest BCUT2D eigenvalue weighted by Gasteiger charge is 2.06. The molecule has 0 fully saturated rings. The highest BCUT2D eigenvalue weighted by atomic mass is 127. The molecule has 0 aliphatic carbocycles. The lowest BCUT2D eigenvalue weighted by molar-refractivity contribution is 0.464. The van der Waals surface area contributed by atoms with Gasteiger partial charge >= 0.3 is 0 Å². The van der Waals surface area contributed by atoms with Gasteiger partial charge in [0.2, 0.25) is 10.0 Å². The van der Waals surface area contributed by atoms with Gasteiger partial charge in [0, 0.05) is 0 Å². The third kappa shape index (κ3) is 4.58. The fourth-order valence-corrected chi connectivity index (χ4v) is 2.71. The van der Waals surface area contributed by atoms with Crippen LogP contribution in [0.25, 0.3) is 0 Å². The van der Waals surface area contributed by atoms with E-state index in [0.29, 0.717) is 6.54 Å². The summed E-state index contributed by atoms with van der Waals surface area (Å²) >= 11 is 2.13. The smallest absolute Gasteiger partial charge is 0.238 e. The van der Waals surface area contributed by atoms with Crippen LogP contribution in [0.5, 0.6) is 0 Å². The van der Waals surface area contributed by atoms with Crippen molar-refractivity contribution in [2.24, 2.45) is 5.14 Å². The predicted molar refractivity (Wildman–Crippen MR) is 84.7 cm³/mol. The van der Waals surface area contributed by atoms with Gasteiger partial charge < -0.3 is 9.73 Å². The Kier molecular flexibility index (Phi) is 5.19. The van der Waals surface area contributed by atoms with Gasteiger partial charge in [-0.1, -0.05) is 12.1 Å². The van der Waals surface area contributed by atoms with E-state index in [2.05, 4.69) is 27.9 Å². The Balaban J connectivity index is 1.80. The van der Waals surface area contributed by atoms with Gasteiger partial charge in [0.1, 0.15) is 5.76 Å². The average molecular weight is 406 g/mol. The number of primary sulfonamides is 1. The van der Waals surface area contributed by atoms with Crippen LogP contribution < -0.4 is 10.5 Å². The quantitative estimate of drug-likeness (QED) is 0.567. The SMILES string of the molecule is NS(=O)(=O)c1ccc(CCNCc2ccc(I)o2)cc1. The molecule has 0 saturated carbocycles. The van der Waals surface area contributed by atoms with Crippen molar-refractivity contribution in [2.75, 3.05) is 6.54 Å². The van der Waals surface area contributed by atoms with Crippen molar-refractivity contribution in [2.45, 2.75) is 17.9 Å². The lowest BCUT2D eigenvalue weighted by Crippen LogP contribution is -2.16. The highest BCUT2D eigenvalue weighted by molar-refractivity contribution is 14.1.